The molecule has 1 nitrogen and oxygen atoms in total. The zero-order valence-electron chi connectivity index (χ0n) is 10.1. The van der Waals surface area contributed by atoms with E-state index in [4.69, 9.17) is 0 Å². The van der Waals surface area contributed by atoms with Gasteiger partial charge in [-0.25, -0.2) is 0 Å². The summed E-state index contributed by atoms with van der Waals surface area (Å²) in [7, 11) is 0. The number of aromatic nitrogens is 1. The van der Waals surface area contributed by atoms with Gasteiger partial charge >= 0.3 is 0 Å². The fourth-order valence-electron chi connectivity index (χ4n) is 1.76. The van der Waals surface area contributed by atoms with Crippen LogP contribution in [0.4, 0.5) is 0 Å². The summed E-state index contributed by atoms with van der Waals surface area (Å²) in [5.41, 5.74) is 4.96. The van der Waals surface area contributed by atoms with E-state index in [0.29, 0.717) is 5.92 Å². The molecule has 1 unspecified atom stereocenters. The first-order chi connectivity index (χ1) is 7.66. The first kappa shape index (κ1) is 10.9. The van der Waals surface area contributed by atoms with E-state index in [9.17, 15) is 0 Å². The minimum absolute atomic E-state index is 0.362. The van der Waals surface area contributed by atoms with Crippen molar-refractivity contribution >= 4 is 0 Å². The van der Waals surface area contributed by atoms with Crippen LogP contribution in [0.15, 0.2) is 42.6 Å². The molecule has 1 heteroatoms. The second-order valence-electron chi connectivity index (χ2n) is 4.39. The molecule has 82 valence electrons. The Bertz CT molecular complexity index is 408. The van der Waals surface area contributed by atoms with E-state index in [0.717, 1.165) is 5.69 Å². The van der Waals surface area contributed by atoms with E-state index >= 15 is 0 Å². The van der Waals surface area contributed by atoms with Gasteiger partial charge in [0.15, 0.2) is 0 Å². The SMILES string of the molecule is Cc1ccc(C(C)c2ccc(C)cn2)cc1. The molecule has 0 amide bonds. The van der Waals surface area contributed by atoms with Crippen LogP contribution >= 0.6 is 0 Å². The van der Waals surface area contributed by atoms with Crippen LogP contribution in [0.25, 0.3) is 0 Å². The molecule has 0 radical (unpaired) electrons. The van der Waals surface area contributed by atoms with Crippen molar-refractivity contribution in [3.63, 3.8) is 0 Å². The maximum atomic E-state index is 4.48. The first-order valence-corrected chi connectivity index (χ1v) is 5.66. The van der Waals surface area contributed by atoms with Crippen molar-refractivity contribution in [1.82, 2.24) is 4.98 Å². The maximum Gasteiger partial charge on any atom is 0.0475 e. The van der Waals surface area contributed by atoms with Crippen LogP contribution in [0, 0.1) is 13.8 Å². The molecule has 0 aliphatic rings. The second-order valence-corrected chi connectivity index (χ2v) is 4.39. The van der Waals surface area contributed by atoms with Crippen LogP contribution in [-0.2, 0) is 0 Å². The standard InChI is InChI=1S/C15H17N/c1-11-4-7-14(8-5-11)13(3)15-9-6-12(2)10-16-15/h4-10,13H,1-3H3. The Morgan fingerprint density at radius 1 is 0.875 bits per heavy atom. The number of hydrogen-bond donors (Lipinski definition) is 0. The van der Waals surface area contributed by atoms with Crippen molar-refractivity contribution in [3.05, 3.63) is 65.0 Å². The third-order valence-corrected chi connectivity index (χ3v) is 2.96. The zero-order valence-corrected chi connectivity index (χ0v) is 10.1. The summed E-state index contributed by atoms with van der Waals surface area (Å²) < 4.78 is 0. The molecule has 1 aromatic heterocycles. The molecule has 1 heterocycles. The van der Waals surface area contributed by atoms with E-state index in [1.807, 2.05) is 6.20 Å². The summed E-state index contributed by atoms with van der Waals surface area (Å²) in [4.78, 5) is 4.48. The Kier molecular flexibility index (Phi) is 3.04. The molecule has 2 aromatic rings. The zero-order chi connectivity index (χ0) is 11.5. The van der Waals surface area contributed by atoms with Gasteiger partial charge < -0.3 is 0 Å². The highest BCUT2D eigenvalue weighted by Crippen LogP contribution is 2.22. The van der Waals surface area contributed by atoms with Crippen LogP contribution in [-0.4, -0.2) is 4.98 Å². The lowest BCUT2D eigenvalue weighted by molar-refractivity contribution is 0.868. The quantitative estimate of drug-likeness (QED) is 0.735. The Morgan fingerprint density at radius 2 is 1.50 bits per heavy atom. The van der Waals surface area contributed by atoms with Crippen molar-refractivity contribution in [1.29, 1.82) is 0 Å². The van der Waals surface area contributed by atoms with Gasteiger partial charge in [0.2, 0.25) is 0 Å². The van der Waals surface area contributed by atoms with Gasteiger partial charge in [0.05, 0.1) is 0 Å². The molecule has 1 atom stereocenters. The van der Waals surface area contributed by atoms with Crippen molar-refractivity contribution in [2.45, 2.75) is 26.7 Å². The lowest BCUT2D eigenvalue weighted by Gasteiger charge is -2.11. The summed E-state index contributed by atoms with van der Waals surface area (Å²) >= 11 is 0. The largest absolute Gasteiger partial charge is 0.260 e. The third-order valence-electron chi connectivity index (χ3n) is 2.96. The molecule has 0 fully saturated rings. The van der Waals surface area contributed by atoms with Gasteiger partial charge in [-0.05, 0) is 31.0 Å². The van der Waals surface area contributed by atoms with Gasteiger partial charge in [0.25, 0.3) is 0 Å². The average molecular weight is 211 g/mol. The van der Waals surface area contributed by atoms with E-state index in [1.165, 1.54) is 16.7 Å². The van der Waals surface area contributed by atoms with Gasteiger partial charge in [-0.1, -0.05) is 42.8 Å². The van der Waals surface area contributed by atoms with Crippen LogP contribution in [0.1, 0.15) is 35.2 Å². The van der Waals surface area contributed by atoms with Gasteiger partial charge in [-0.2, -0.15) is 0 Å². The number of nitrogens with zero attached hydrogens (tertiary/aromatic N) is 1. The smallest absolute Gasteiger partial charge is 0.0475 e. The Labute approximate surface area is 97.2 Å². The van der Waals surface area contributed by atoms with Gasteiger partial charge in [0.1, 0.15) is 0 Å². The molecule has 0 aliphatic carbocycles. The minimum atomic E-state index is 0.362. The molecule has 0 N–H and O–H groups in total. The van der Waals surface area contributed by atoms with Crippen LogP contribution in [0.5, 0.6) is 0 Å². The molecule has 0 saturated carbocycles. The second kappa shape index (κ2) is 4.48. The highest BCUT2D eigenvalue weighted by molar-refractivity contribution is 5.30. The maximum absolute atomic E-state index is 4.48. The van der Waals surface area contributed by atoms with Crippen LogP contribution < -0.4 is 0 Å². The normalized spacial score (nSPS) is 12.4. The molecular formula is C15H17N. The summed E-state index contributed by atoms with van der Waals surface area (Å²) in [5.74, 6) is 0.362. The number of rotatable bonds is 2. The molecule has 0 aliphatic heterocycles. The molecule has 0 spiro atoms. The summed E-state index contributed by atoms with van der Waals surface area (Å²) in [5, 5.41) is 0. The average Bonchev–Trinajstić information content (AvgIpc) is 2.30. The Balaban J connectivity index is 2.28. The minimum Gasteiger partial charge on any atom is -0.260 e. The first-order valence-electron chi connectivity index (χ1n) is 5.66. The van der Waals surface area contributed by atoms with Gasteiger partial charge in [-0.15, -0.1) is 0 Å². The summed E-state index contributed by atoms with van der Waals surface area (Å²) in [6.45, 7) is 6.37. The van der Waals surface area contributed by atoms with Gasteiger partial charge in [-0.3, -0.25) is 4.98 Å². The van der Waals surface area contributed by atoms with Crippen molar-refractivity contribution in [3.8, 4) is 0 Å². The monoisotopic (exact) mass is 211 g/mol. The van der Waals surface area contributed by atoms with Crippen molar-refractivity contribution in [2.24, 2.45) is 0 Å². The van der Waals surface area contributed by atoms with E-state index < -0.39 is 0 Å². The lowest BCUT2D eigenvalue weighted by atomic mass is 9.96. The molecule has 0 saturated heterocycles. The predicted molar refractivity (Wildman–Crippen MR) is 67.7 cm³/mol. The number of benzene rings is 1. The van der Waals surface area contributed by atoms with E-state index in [2.05, 4.69) is 62.2 Å². The number of pyridine rings is 1. The highest BCUT2D eigenvalue weighted by Gasteiger charge is 2.08. The fourth-order valence-corrected chi connectivity index (χ4v) is 1.76. The van der Waals surface area contributed by atoms with Gasteiger partial charge in [0, 0.05) is 17.8 Å². The van der Waals surface area contributed by atoms with E-state index in [-0.39, 0.29) is 0 Å². The number of aryl methyl sites for hydroxylation is 2. The topological polar surface area (TPSA) is 12.9 Å². The summed E-state index contributed by atoms with van der Waals surface area (Å²) in [6, 6.07) is 12.9. The molecule has 16 heavy (non-hydrogen) atoms. The lowest BCUT2D eigenvalue weighted by Crippen LogP contribution is -1.98. The fraction of sp³-hybridized carbons (Fsp3) is 0.267. The predicted octanol–water partition coefficient (Wildman–Crippen LogP) is 3.85. The molecule has 0 bridgehead atoms. The van der Waals surface area contributed by atoms with Crippen LogP contribution in [0.2, 0.25) is 0 Å². The third kappa shape index (κ3) is 2.30. The van der Waals surface area contributed by atoms with Crippen LogP contribution in [0.3, 0.4) is 0 Å². The van der Waals surface area contributed by atoms with Crippen molar-refractivity contribution in [2.75, 3.05) is 0 Å². The molecular weight excluding hydrogens is 194 g/mol. The Morgan fingerprint density at radius 3 is 2.06 bits per heavy atom. The highest BCUT2D eigenvalue weighted by atomic mass is 14.7. The Hall–Kier alpha value is -1.63. The van der Waals surface area contributed by atoms with E-state index in [1.54, 1.807) is 0 Å². The van der Waals surface area contributed by atoms with Crippen molar-refractivity contribution < 1.29 is 0 Å². The summed E-state index contributed by atoms with van der Waals surface area (Å²) in [6.07, 6.45) is 1.93. The molecule has 1 aromatic carbocycles. The number of hydrogen-bond acceptors (Lipinski definition) is 1. The molecule has 2 rings (SSSR count).